The maximum atomic E-state index is 13.0. The molecule has 0 saturated carbocycles. The maximum absolute atomic E-state index is 13.0. The number of para-hydroxylation sites is 2. The zero-order chi connectivity index (χ0) is 25.4. The predicted molar refractivity (Wildman–Crippen MR) is 134 cm³/mol. The van der Waals surface area contributed by atoms with Gasteiger partial charge in [0.1, 0.15) is 11.4 Å². The minimum atomic E-state index is -0.548. The Labute approximate surface area is 205 Å². The molecule has 1 aliphatic rings. The van der Waals surface area contributed by atoms with Gasteiger partial charge in [-0.05, 0) is 49.6 Å². The van der Waals surface area contributed by atoms with E-state index in [4.69, 9.17) is 18.9 Å². The smallest absolute Gasteiger partial charge is 0.343 e. The first kappa shape index (κ1) is 25.6. The molecule has 0 aromatic heterocycles. The Hall–Kier alpha value is -4.01. The Morgan fingerprint density at radius 3 is 2.29 bits per heavy atom. The fraction of sp³-hybridized carbons (Fsp3) is 0.346. The molecule has 9 nitrogen and oxygen atoms in total. The summed E-state index contributed by atoms with van der Waals surface area (Å²) >= 11 is 0. The quantitative estimate of drug-likeness (QED) is 0.518. The molecule has 9 heteroatoms. The highest BCUT2D eigenvalue weighted by Crippen LogP contribution is 2.38. The summed E-state index contributed by atoms with van der Waals surface area (Å²) in [6.07, 6.45) is 1.07. The summed E-state index contributed by atoms with van der Waals surface area (Å²) < 4.78 is 21.4. The van der Waals surface area contributed by atoms with Crippen LogP contribution in [-0.4, -0.2) is 45.6 Å². The molecule has 35 heavy (non-hydrogen) atoms. The van der Waals surface area contributed by atoms with Crippen LogP contribution in [0, 0.1) is 0 Å². The molecule has 3 rings (SSSR count). The van der Waals surface area contributed by atoms with Gasteiger partial charge in [0.25, 0.3) is 0 Å². The van der Waals surface area contributed by atoms with E-state index in [2.05, 4.69) is 15.6 Å². The third-order valence-electron chi connectivity index (χ3n) is 5.42. The van der Waals surface area contributed by atoms with E-state index in [1.165, 1.54) is 7.11 Å². The van der Waals surface area contributed by atoms with Crippen molar-refractivity contribution >= 4 is 29.1 Å². The van der Waals surface area contributed by atoms with E-state index < -0.39 is 5.97 Å². The van der Waals surface area contributed by atoms with E-state index in [1.807, 2.05) is 31.2 Å². The molecule has 186 valence electrons. The number of anilines is 1. The SMILES string of the molecule is CCOC(=O)C1=C(CC)Nc2ccccc2N=C1NC(=O)CCc1cc(OC)c(OC)c(OC)c1. The van der Waals surface area contributed by atoms with Crippen molar-refractivity contribution in [2.45, 2.75) is 33.1 Å². The standard InChI is InChI=1S/C26H31N3O6/c1-6-17-23(26(31)35-7-2)25(28-19-11-9-8-10-18(19)27-17)29-22(30)13-12-16-14-20(32-3)24(34-5)21(15-16)33-4/h8-11,14-15,27H,6-7,12-13H2,1-5H3,(H,28,29,30). The molecule has 1 amide bonds. The number of nitrogens with zero attached hydrogens (tertiary/aromatic N) is 1. The minimum Gasteiger partial charge on any atom is -0.493 e. The number of hydrogen-bond acceptors (Lipinski definition) is 8. The van der Waals surface area contributed by atoms with E-state index in [9.17, 15) is 9.59 Å². The second-order valence-electron chi connectivity index (χ2n) is 7.61. The van der Waals surface area contributed by atoms with Crippen LogP contribution in [0.4, 0.5) is 11.4 Å². The Morgan fingerprint density at radius 2 is 1.69 bits per heavy atom. The van der Waals surface area contributed by atoms with Crippen LogP contribution in [0.5, 0.6) is 17.2 Å². The zero-order valence-electron chi connectivity index (χ0n) is 20.7. The lowest BCUT2D eigenvalue weighted by Gasteiger charge is -2.15. The summed E-state index contributed by atoms with van der Waals surface area (Å²) in [5, 5.41) is 6.10. The zero-order valence-corrected chi connectivity index (χ0v) is 20.7. The van der Waals surface area contributed by atoms with Gasteiger partial charge in [-0.25, -0.2) is 9.79 Å². The van der Waals surface area contributed by atoms with Crippen molar-refractivity contribution in [3.8, 4) is 17.2 Å². The van der Waals surface area contributed by atoms with Crippen molar-refractivity contribution in [1.29, 1.82) is 0 Å². The number of nitrogens with one attached hydrogen (secondary N) is 2. The van der Waals surface area contributed by atoms with Gasteiger partial charge in [0, 0.05) is 12.1 Å². The molecule has 0 fully saturated rings. The van der Waals surface area contributed by atoms with Gasteiger partial charge in [0.05, 0.1) is 39.3 Å². The molecule has 2 aromatic carbocycles. The molecule has 0 aliphatic carbocycles. The fourth-order valence-corrected chi connectivity index (χ4v) is 3.73. The first-order valence-corrected chi connectivity index (χ1v) is 11.4. The van der Waals surface area contributed by atoms with E-state index >= 15 is 0 Å². The first-order chi connectivity index (χ1) is 16.9. The molecular formula is C26H31N3O6. The number of amidine groups is 1. The average Bonchev–Trinajstić information content (AvgIpc) is 3.02. The molecule has 1 heterocycles. The number of amides is 1. The average molecular weight is 482 g/mol. The number of carbonyl (C=O) groups excluding carboxylic acids is 2. The number of aliphatic imine (C=N–C) groups is 1. The van der Waals surface area contributed by atoms with Crippen molar-refractivity contribution in [3.63, 3.8) is 0 Å². The van der Waals surface area contributed by atoms with E-state index in [0.29, 0.717) is 41.5 Å². The molecule has 2 N–H and O–H groups in total. The van der Waals surface area contributed by atoms with Crippen LogP contribution in [0.15, 0.2) is 52.7 Å². The highest BCUT2D eigenvalue weighted by atomic mass is 16.5. The van der Waals surface area contributed by atoms with Gasteiger partial charge in [0.2, 0.25) is 11.7 Å². The van der Waals surface area contributed by atoms with E-state index in [1.54, 1.807) is 33.3 Å². The van der Waals surface area contributed by atoms with Gasteiger partial charge in [-0.3, -0.25) is 4.79 Å². The van der Waals surface area contributed by atoms with Crippen LogP contribution in [0.25, 0.3) is 0 Å². The molecular weight excluding hydrogens is 450 g/mol. The van der Waals surface area contributed by atoms with Gasteiger partial charge in [-0.15, -0.1) is 0 Å². The summed E-state index contributed by atoms with van der Waals surface area (Å²) in [5.74, 6) is 0.824. The number of allylic oxidation sites excluding steroid dienone is 1. The Bertz CT molecular complexity index is 1130. The van der Waals surface area contributed by atoms with E-state index in [-0.39, 0.29) is 30.3 Å². The van der Waals surface area contributed by atoms with Crippen molar-refractivity contribution in [1.82, 2.24) is 5.32 Å². The van der Waals surface area contributed by atoms with Crippen molar-refractivity contribution < 1.29 is 28.5 Å². The number of methoxy groups -OCH3 is 3. The van der Waals surface area contributed by atoms with Gasteiger partial charge in [-0.1, -0.05) is 19.1 Å². The number of rotatable bonds is 9. The van der Waals surface area contributed by atoms with E-state index in [0.717, 1.165) is 11.3 Å². The summed E-state index contributed by atoms with van der Waals surface area (Å²) in [5.41, 5.74) is 3.02. The lowest BCUT2D eigenvalue weighted by molar-refractivity contribution is -0.137. The summed E-state index contributed by atoms with van der Waals surface area (Å²) in [7, 11) is 4.62. The maximum Gasteiger partial charge on any atom is 0.343 e. The largest absolute Gasteiger partial charge is 0.493 e. The normalized spacial score (nSPS) is 12.5. The molecule has 0 atom stereocenters. The second kappa shape index (κ2) is 11.9. The highest BCUT2D eigenvalue weighted by molar-refractivity contribution is 6.24. The van der Waals surface area contributed by atoms with Crippen LogP contribution >= 0.6 is 0 Å². The topological polar surface area (TPSA) is 107 Å². The molecule has 1 aliphatic heterocycles. The predicted octanol–water partition coefficient (Wildman–Crippen LogP) is 4.14. The van der Waals surface area contributed by atoms with Gasteiger partial charge < -0.3 is 29.6 Å². The number of ether oxygens (including phenoxy) is 4. The number of benzene rings is 2. The van der Waals surface area contributed by atoms with Crippen LogP contribution < -0.4 is 24.8 Å². The molecule has 0 unspecified atom stereocenters. The van der Waals surface area contributed by atoms with Crippen LogP contribution in [0.1, 0.15) is 32.3 Å². The summed E-state index contributed by atoms with van der Waals surface area (Å²) in [6.45, 7) is 3.85. The minimum absolute atomic E-state index is 0.143. The fourth-order valence-electron chi connectivity index (χ4n) is 3.73. The Kier molecular flexibility index (Phi) is 8.72. The lowest BCUT2D eigenvalue weighted by Crippen LogP contribution is -2.35. The highest BCUT2D eigenvalue weighted by Gasteiger charge is 2.27. The summed E-state index contributed by atoms with van der Waals surface area (Å²) in [6, 6.07) is 11.0. The molecule has 2 aromatic rings. The monoisotopic (exact) mass is 481 g/mol. The van der Waals surface area contributed by atoms with Crippen LogP contribution in [-0.2, 0) is 20.7 Å². The third kappa shape index (κ3) is 5.92. The molecule has 0 spiro atoms. The lowest BCUT2D eigenvalue weighted by atomic mass is 10.1. The molecule has 0 saturated heterocycles. The molecule has 0 radical (unpaired) electrons. The number of hydrogen-bond donors (Lipinski definition) is 2. The van der Waals surface area contributed by atoms with Crippen molar-refractivity contribution in [2.24, 2.45) is 4.99 Å². The Morgan fingerprint density at radius 1 is 1.00 bits per heavy atom. The van der Waals surface area contributed by atoms with Gasteiger partial charge >= 0.3 is 5.97 Å². The second-order valence-corrected chi connectivity index (χ2v) is 7.61. The molecule has 0 bridgehead atoms. The first-order valence-electron chi connectivity index (χ1n) is 11.4. The van der Waals surface area contributed by atoms with Crippen molar-refractivity contribution in [2.75, 3.05) is 33.3 Å². The Balaban J connectivity index is 1.87. The van der Waals surface area contributed by atoms with Crippen LogP contribution in [0.2, 0.25) is 0 Å². The number of carbonyl (C=O) groups is 2. The van der Waals surface area contributed by atoms with Gasteiger partial charge in [0.15, 0.2) is 11.5 Å². The number of esters is 1. The van der Waals surface area contributed by atoms with Crippen LogP contribution in [0.3, 0.4) is 0 Å². The summed E-state index contributed by atoms with van der Waals surface area (Å²) in [4.78, 5) is 30.4. The number of fused-ring (bicyclic) bond motifs is 1. The number of aryl methyl sites for hydroxylation is 1. The van der Waals surface area contributed by atoms with Crippen molar-refractivity contribution in [3.05, 3.63) is 53.2 Å². The van der Waals surface area contributed by atoms with Gasteiger partial charge in [-0.2, -0.15) is 0 Å². The third-order valence-corrected chi connectivity index (χ3v) is 5.42.